The molecule has 1 amide bonds. The molecule has 0 radical (unpaired) electrons. The molecule has 1 aliphatic heterocycles. The highest BCUT2D eigenvalue weighted by atomic mass is 35.5. The maximum absolute atomic E-state index is 13.5. The summed E-state index contributed by atoms with van der Waals surface area (Å²) in [4.78, 5) is 39.4. The van der Waals surface area contributed by atoms with E-state index in [2.05, 4.69) is 33.0 Å². The molecule has 39 heavy (non-hydrogen) atoms. The second-order valence-electron chi connectivity index (χ2n) is 12.4. The van der Waals surface area contributed by atoms with Crippen molar-refractivity contribution in [3.05, 3.63) is 81.3 Å². The molecule has 0 atom stereocenters. The lowest BCUT2D eigenvalue weighted by molar-refractivity contribution is -0.120. The van der Waals surface area contributed by atoms with Crippen molar-refractivity contribution >= 4 is 34.8 Å². The maximum Gasteiger partial charge on any atom is 0.262 e. The van der Waals surface area contributed by atoms with Gasteiger partial charge < -0.3 is 14.8 Å². The number of benzene rings is 2. The highest BCUT2D eigenvalue weighted by molar-refractivity contribution is 6.32. The van der Waals surface area contributed by atoms with Gasteiger partial charge in [0, 0.05) is 48.4 Å². The first kappa shape index (κ1) is 27.2. The Morgan fingerprint density at radius 1 is 0.949 bits per heavy atom. The van der Waals surface area contributed by atoms with Crippen molar-refractivity contribution in [2.45, 2.75) is 66.2 Å². The fraction of sp³-hybridized carbons (Fsp3) is 0.406. The van der Waals surface area contributed by atoms with E-state index in [0.29, 0.717) is 59.1 Å². The first-order valence-electron chi connectivity index (χ1n) is 13.3. The second-order valence-corrected chi connectivity index (χ2v) is 12.8. The summed E-state index contributed by atoms with van der Waals surface area (Å²) in [5.41, 5.74) is 3.09. The fourth-order valence-corrected chi connectivity index (χ4v) is 6.11. The minimum atomic E-state index is -0.535. The number of rotatable bonds is 5. The summed E-state index contributed by atoms with van der Waals surface area (Å²) in [5, 5.41) is 3.14. The Morgan fingerprint density at radius 2 is 1.54 bits per heavy atom. The van der Waals surface area contributed by atoms with Crippen LogP contribution in [0.2, 0.25) is 5.02 Å². The third kappa shape index (κ3) is 5.53. The number of hydrogen-bond donors (Lipinski definition) is 1. The van der Waals surface area contributed by atoms with E-state index in [1.165, 1.54) is 0 Å². The largest absolute Gasteiger partial charge is 0.482 e. The van der Waals surface area contributed by atoms with Crippen LogP contribution >= 0.6 is 11.6 Å². The van der Waals surface area contributed by atoms with Crippen molar-refractivity contribution in [1.82, 2.24) is 0 Å². The van der Waals surface area contributed by atoms with Crippen LogP contribution in [-0.2, 0) is 19.1 Å². The molecule has 1 N–H and O–H groups in total. The van der Waals surface area contributed by atoms with Gasteiger partial charge >= 0.3 is 0 Å². The van der Waals surface area contributed by atoms with Gasteiger partial charge in [0.1, 0.15) is 17.3 Å². The van der Waals surface area contributed by atoms with E-state index in [0.717, 1.165) is 16.8 Å². The summed E-state index contributed by atoms with van der Waals surface area (Å²) in [7, 11) is 0. The molecule has 7 heteroatoms. The number of para-hydroxylation sites is 1. The van der Waals surface area contributed by atoms with Gasteiger partial charge in [-0.25, -0.2) is 0 Å². The Balaban J connectivity index is 1.44. The number of aryl methyl sites for hydroxylation is 1. The van der Waals surface area contributed by atoms with Crippen LogP contribution in [0.1, 0.15) is 70.4 Å². The van der Waals surface area contributed by atoms with E-state index >= 15 is 0 Å². The molecule has 5 rings (SSSR count). The van der Waals surface area contributed by atoms with Crippen LogP contribution in [-0.4, -0.2) is 24.1 Å². The standard InChI is InChI=1S/C32H34ClNO5/c1-18-8-6-7-9-21(18)34-27(37)17-38-24-11-10-19(12-20(24)33)28-29-22(35)13-31(2,3)15-25(29)39-26-16-32(4,5)14-23(36)30(26)28/h6-12,28H,13-17H2,1-5H3,(H,34,37). The Hall–Kier alpha value is -3.38. The van der Waals surface area contributed by atoms with E-state index in [1.807, 2.05) is 37.3 Å². The second kappa shape index (κ2) is 9.98. The van der Waals surface area contributed by atoms with Gasteiger partial charge in [0.25, 0.3) is 5.91 Å². The molecule has 2 aromatic rings. The average Bonchev–Trinajstić information content (AvgIpc) is 2.82. The SMILES string of the molecule is Cc1ccccc1NC(=O)COc1ccc(C2C3=C(CC(C)(C)CC3=O)OC3=C2C(=O)CC(C)(C)C3)cc1Cl. The van der Waals surface area contributed by atoms with Crippen LogP contribution in [0.15, 0.2) is 65.1 Å². The highest BCUT2D eigenvalue weighted by Crippen LogP contribution is 2.53. The summed E-state index contributed by atoms with van der Waals surface area (Å²) in [5.74, 6) is 0.836. The predicted octanol–water partition coefficient (Wildman–Crippen LogP) is 7.07. The van der Waals surface area contributed by atoms with Crippen LogP contribution in [0.5, 0.6) is 5.75 Å². The zero-order valence-electron chi connectivity index (χ0n) is 23.1. The van der Waals surface area contributed by atoms with E-state index in [-0.39, 0.29) is 34.9 Å². The van der Waals surface area contributed by atoms with Gasteiger partial charge in [0.15, 0.2) is 18.2 Å². The van der Waals surface area contributed by atoms with Gasteiger partial charge in [0.2, 0.25) is 0 Å². The van der Waals surface area contributed by atoms with E-state index in [4.69, 9.17) is 21.1 Å². The molecule has 0 bridgehead atoms. The van der Waals surface area contributed by atoms with Gasteiger partial charge in [-0.2, -0.15) is 0 Å². The Morgan fingerprint density at radius 3 is 2.10 bits per heavy atom. The number of hydrogen-bond acceptors (Lipinski definition) is 5. The monoisotopic (exact) mass is 547 g/mol. The van der Waals surface area contributed by atoms with Crippen LogP contribution < -0.4 is 10.1 Å². The molecule has 204 valence electrons. The van der Waals surface area contributed by atoms with Crippen molar-refractivity contribution in [2.75, 3.05) is 11.9 Å². The van der Waals surface area contributed by atoms with Crippen LogP contribution in [0.3, 0.4) is 0 Å². The highest BCUT2D eigenvalue weighted by Gasteiger charge is 2.47. The number of nitrogens with one attached hydrogen (secondary N) is 1. The molecule has 2 aromatic carbocycles. The summed E-state index contributed by atoms with van der Waals surface area (Å²) >= 11 is 6.64. The minimum Gasteiger partial charge on any atom is -0.482 e. The molecule has 0 saturated carbocycles. The molecular weight excluding hydrogens is 514 g/mol. The fourth-order valence-electron chi connectivity index (χ4n) is 5.86. The van der Waals surface area contributed by atoms with Gasteiger partial charge in [0.05, 0.1) is 5.02 Å². The molecule has 6 nitrogen and oxygen atoms in total. The molecular formula is C32H34ClNO5. The summed E-state index contributed by atoms with van der Waals surface area (Å²) < 4.78 is 12.1. The molecule has 2 aliphatic carbocycles. The number of halogens is 1. The first-order valence-corrected chi connectivity index (χ1v) is 13.7. The van der Waals surface area contributed by atoms with Gasteiger partial charge in [-0.1, -0.05) is 63.6 Å². The molecule has 0 unspecified atom stereocenters. The Bertz CT molecular complexity index is 1400. The quantitative estimate of drug-likeness (QED) is 0.433. The zero-order valence-corrected chi connectivity index (χ0v) is 23.8. The summed E-state index contributed by atoms with van der Waals surface area (Å²) in [6.07, 6.45) is 2.03. The molecule has 0 fully saturated rings. The molecule has 3 aliphatic rings. The van der Waals surface area contributed by atoms with E-state index in [9.17, 15) is 14.4 Å². The number of amides is 1. The van der Waals surface area contributed by atoms with E-state index in [1.54, 1.807) is 12.1 Å². The molecule has 0 aromatic heterocycles. The number of Topliss-reactive ketones (excluding diaryl/α,β-unsaturated/α-hetero) is 2. The van der Waals surface area contributed by atoms with Gasteiger partial charge in [-0.15, -0.1) is 0 Å². The number of allylic oxidation sites excluding steroid dienone is 4. The first-order chi connectivity index (χ1) is 18.3. The molecule has 0 saturated heterocycles. The lowest BCUT2D eigenvalue weighted by Gasteiger charge is -2.42. The van der Waals surface area contributed by atoms with Gasteiger partial charge in [-0.05, 0) is 47.1 Å². The number of carbonyl (C=O) groups is 3. The van der Waals surface area contributed by atoms with Crippen molar-refractivity contribution in [3.63, 3.8) is 0 Å². The van der Waals surface area contributed by atoms with E-state index < -0.39 is 5.92 Å². The molecule has 0 spiro atoms. The number of ketones is 2. The van der Waals surface area contributed by atoms with Crippen LogP contribution in [0.25, 0.3) is 0 Å². The summed E-state index contributed by atoms with van der Waals surface area (Å²) in [6, 6.07) is 12.8. The maximum atomic E-state index is 13.5. The minimum absolute atomic E-state index is 0.000223. The van der Waals surface area contributed by atoms with Crippen LogP contribution in [0, 0.1) is 17.8 Å². The van der Waals surface area contributed by atoms with Gasteiger partial charge in [-0.3, -0.25) is 14.4 Å². The average molecular weight is 548 g/mol. The lowest BCUT2D eigenvalue weighted by atomic mass is 9.65. The smallest absolute Gasteiger partial charge is 0.262 e. The van der Waals surface area contributed by atoms with Crippen molar-refractivity contribution in [1.29, 1.82) is 0 Å². The topological polar surface area (TPSA) is 81.7 Å². The normalized spacial score (nSPS) is 20.3. The number of ether oxygens (including phenoxy) is 2. The van der Waals surface area contributed by atoms with Crippen molar-refractivity contribution < 1.29 is 23.9 Å². The predicted molar refractivity (Wildman–Crippen MR) is 151 cm³/mol. The van der Waals surface area contributed by atoms with Crippen molar-refractivity contribution in [2.24, 2.45) is 10.8 Å². The number of anilines is 1. The Labute approximate surface area is 234 Å². The number of carbonyl (C=O) groups excluding carboxylic acids is 3. The third-order valence-electron chi connectivity index (χ3n) is 7.65. The Kier molecular flexibility index (Phi) is 6.96. The zero-order chi connectivity index (χ0) is 28.1. The van der Waals surface area contributed by atoms with Crippen LogP contribution in [0.4, 0.5) is 5.69 Å². The third-order valence-corrected chi connectivity index (χ3v) is 7.94. The summed E-state index contributed by atoms with van der Waals surface area (Å²) in [6.45, 7) is 9.95. The van der Waals surface area contributed by atoms with Crippen molar-refractivity contribution in [3.8, 4) is 5.75 Å². The molecule has 1 heterocycles. The lowest BCUT2D eigenvalue weighted by Crippen LogP contribution is -2.37.